The van der Waals surface area contributed by atoms with Crippen LogP contribution in [0.25, 0.3) is 11.0 Å². The van der Waals surface area contributed by atoms with E-state index >= 15 is 0 Å². The number of furan rings is 1. The number of benzene rings is 1. The third kappa shape index (κ3) is 3.15. The maximum Gasteiger partial charge on any atom is 0.416 e. The van der Waals surface area contributed by atoms with E-state index in [4.69, 9.17) is 9.52 Å². The van der Waals surface area contributed by atoms with Crippen molar-refractivity contribution in [2.45, 2.75) is 19.2 Å². The van der Waals surface area contributed by atoms with Crippen molar-refractivity contribution in [3.63, 3.8) is 0 Å². The van der Waals surface area contributed by atoms with E-state index in [1.807, 2.05) is 5.32 Å². The average Bonchev–Trinajstić information content (AvgIpc) is 2.72. The summed E-state index contributed by atoms with van der Waals surface area (Å²) in [5, 5.41) is 11.1. The number of hydrogen-bond donors (Lipinski definition) is 2. The van der Waals surface area contributed by atoms with E-state index in [9.17, 15) is 22.4 Å². The van der Waals surface area contributed by atoms with Crippen LogP contribution in [0.2, 0.25) is 0 Å². The summed E-state index contributed by atoms with van der Waals surface area (Å²) in [6.45, 7) is 0.494. The Morgan fingerprint density at radius 3 is 2.71 bits per heavy atom. The van der Waals surface area contributed by atoms with Gasteiger partial charge in [0.15, 0.2) is 11.9 Å². The van der Waals surface area contributed by atoms with Gasteiger partial charge in [-0.2, -0.15) is 13.2 Å². The molecule has 1 atom stereocenters. The first-order chi connectivity index (χ1) is 9.70. The fraction of sp³-hybridized carbons (Fsp3) is 0.308. The molecule has 1 aromatic carbocycles. The standard InChI is InChI=1S/C13H11F4NO3/c1-6-8-4-7(14)2-3-9(8)21-11(6)12(20)18-5-10(19)13(15,16)17/h2-4,10,19H,5H2,1H3,(H,18,20). The van der Waals surface area contributed by atoms with Gasteiger partial charge in [-0.15, -0.1) is 0 Å². The molecule has 0 spiro atoms. The number of hydrogen-bond acceptors (Lipinski definition) is 3. The van der Waals surface area contributed by atoms with Gasteiger partial charge in [-0.3, -0.25) is 4.79 Å². The highest BCUT2D eigenvalue weighted by Gasteiger charge is 2.38. The predicted molar refractivity (Wildman–Crippen MR) is 65.3 cm³/mol. The van der Waals surface area contributed by atoms with Gasteiger partial charge in [0.25, 0.3) is 5.91 Å². The van der Waals surface area contributed by atoms with E-state index in [1.165, 1.54) is 13.0 Å². The molecule has 0 saturated heterocycles. The Morgan fingerprint density at radius 2 is 2.10 bits per heavy atom. The maximum atomic E-state index is 13.1. The topological polar surface area (TPSA) is 62.5 Å². The number of aliphatic hydroxyl groups is 1. The Bertz CT molecular complexity index is 678. The molecular formula is C13H11F4NO3. The highest BCUT2D eigenvalue weighted by atomic mass is 19.4. The van der Waals surface area contributed by atoms with Gasteiger partial charge in [0, 0.05) is 10.9 Å². The van der Waals surface area contributed by atoms with Gasteiger partial charge in [0.2, 0.25) is 0 Å². The molecule has 2 rings (SSSR count). The fourth-order valence-electron chi connectivity index (χ4n) is 1.80. The number of amides is 1. The first-order valence-corrected chi connectivity index (χ1v) is 5.92. The fourth-order valence-corrected chi connectivity index (χ4v) is 1.80. The van der Waals surface area contributed by atoms with Crippen molar-refractivity contribution in [3.05, 3.63) is 35.3 Å². The normalized spacial score (nSPS) is 13.4. The first-order valence-electron chi connectivity index (χ1n) is 5.92. The second kappa shape index (κ2) is 5.36. The molecule has 2 aromatic rings. The van der Waals surface area contributed by atoms with Crippen LogP contribution in [0, 0.1) is 12.7 Å². The van der Waals surface area contributed by atoms with Gasteiger partial charge >= 0.3 is 6.18 Å². The van der Waals surface area contributed by atoms with Crippen molar-refractivity contribution in [1.82, 2.24) is 5.32 Å². The molecule has 4 nitrogen and oxygen atoms in total. The summed E-state index contributed by atoms with van der Waals surface area (Å²) in [6, 6.07) is 3.62. The monoisotopic (exact) mass is 305 g/mol. The van der Waals surface area contributed by atoms with Crippen LogP contribution in [0.1, 0.15) is 16.1 Å². The third-order valence-corrected chi connectivity index (χ3v) is 2.94. The molecule has 0 aliphatic carbocycles. The lowest BCUT2D eigenvalue weighted by Gasteiger charge is -2.14. The van der Waals surface area contributed by atoms with Crippen molar-refractivity contribution in [2.75, 3.05) is 6.54 Å². The Kier molecular flexibility index (Phi) is 3.91. The average molecular weight is 305 g/mol. The Labute approximate surface area is 116 Å². The summed E-state index contributed by atoms with van der Waals surface area (Å²) in [4.78, 5) is 11.8. The zero-order valence-corrected chi connectivity index (χ0v) is 10.8. The van der Waals surface area contributed by atoms with E-state index in [1.54, 1.807) is 0 Å². The molecule has 0 radical (unpaired) electrons. The molecule has 114 valence electrons. The summed E-state index contributed by atoms with van der Waals surface area (Å²) in [5.74, 6) is -1.65. The van der Waals surface area contributed by atoms with Gasteiger partial charge in [0.05, 0.1) is 6.54 Å². The third-order valence-electron chi connectivity index (χ3n) is 2.94. The number of carbonyl (C=O) groups is 1. The van der Waals surface area contributed by atoms with Crippen molar-refractivity contribution >= 4 is 16.9 Å². The second-order valence-electron chi connectivity index (χ2n) is 4.46. The molecule has 2 N–H and O–H groups in total. The van der Waals surface area contributed by atoms with Crippen LogP contribution in [-0.2, 0) is 0 Å². The SMILES string of the molecule is Cc1c(C(=O)NCC(O)C(F)(F)F)oc2ccc(F)cc12. The minimum atomic E-state index is -4.82. The molecule has 1 amide bonds. The first kappa shape index (κ1) is 15.3. The van der Waals surface area contributed by atoms with Crippen LogP contribution < -0.4 is 5.32 Å². The Hall–Kier alpha value is -2.09. The maximum absolute atomic E-state index is 13.1. The highest BCUT2D eigenvalue weighted by molar-refractivity contribution is 5.98. The zero-order chi connectivity index (χ0) is 15.8. The molecule has 0 saturated carbocycles. The second-order valence-corrected chi connectivity index (χ2v) is 4.46. The summed E-state index contributed by atoms with van der Waals surface area (Å²) in [7, 11) is 0. The van der Waals surface area contributed by atoms with E-state index in [2.05, 4.69) is 0 Å². The number of alkyl halides is 3. The van der Waals surface area contributed by atoms with E-state index in [0.717, 1.165) is 12.1 Å². The minimum Gasteiger partial charge on any atom is -0.451 e. The van der Waals surface area contributed by atoms with Gasteiger partial charge in [-0.25, -0.2) is 4.39 Å². The number of rotatable bonds is 3. The predicted octanol–water partition coefficient (Wildman–Crippen LogP) is 2.53. The molecule has 0 fully saturated rings. The molecule has 0 aliphatic heterocycles. The number of fused-ring (bicyclic) bond motifs is 1. The molecule has 1 aromatic heterocycles. The van der Waals surface area contributed by atoms with E-state index < -0.39 is 30.5 Å². The minimum absolute atomic E-state index is 0.218. The number of aryl methyl sites for hydroxylation is 1. The zero-order valence-electron chi connectivity index (χ0n) is 10.8. The molecule has 1 heterocycles. The molecule has 1 unspecified atom stereocenters. The highest BCUT2D eigenvalue weighted by Crippen LogP contribution is 2.26. The summed E-state index contributed by atoms with van der Waals surface area (Å²) in [5.41, 5.74) is 0.555. The van der Waals surface area contributed by atoms with Gasteiger partial charge in [-0.1, -0.05) is 0 Å². The molecular weight excluding hydrogens is 294 g/mol. The van der Waals surface area contributed by atoms with E-state index in [-0.39, 0.29) is 11.3 Å². The van der Waals surface area contributed by atoms with Crippen LogP contribution in [0.4, 0.5) is 17.6 Å². The number of nitrogens with one attached hydrogen (secondary N) is 1. The van der Waals surface area contributed by atoms with Crippen molar-refractivity contribution in [3.8, 4) is 0 Å². The summed E-state index contributed by atoms with van der Waals surface area (Å²) >= 11 is 0. The van der Waals surface area contributed by atoms with Crippen LogP contribution in [0.15, 0.2) is 22.6 Å². The number of carbonyl (C=O) groups excluding carboxylic acids is 1. The molecule has 0 bridgehead atoms. The van der Waals surface area contributed by atoms with Gasteiger partial charge in [-0.05, 0) is 25.1 Å². The molecule has 0 aliphatic rings. The lowest BCUT2D eigenvalue weighted by atomic mass is 10.1. The van der Waals surface area contributed by atoms with Crippen molar-refractivity contribution < 1.29 is 31.9 Å². The number of aliphatic hydroxyl groups excluding tert-OH is 1. The van der Waals surface area contributed by atoms with Crippen LogP contribution in [0.3, 0.4) is 0 Å². The molecule has 21 heavy (non-hydrogen) atoms. The molecule has 8 heteroatoms. The summed E-state index contributed by atoms with van der Waals surface area (Å²) < 4.78 is 54.7. The summed E-state index contributed by atoms with van der Waals surface area (Å²) in [6.07, 6.45) is -7.48. The van der Waals surface area contributed by atoms with Gasteiger partial charge in [0.1, 0.15) is 11.4 Å². The quantitative estimate of drug-likeness (QED) is 0.857. The van der Waals surface area contributed by atoms with Crippen LogP contribution in [0.5, 0.6) is 0 Å². The van der Waals surface area contributed by atoms with Crippen LogP contribution >= 0.6 is 0 Å². The van der Waals surface area contributed by atoms with E-state index in [0.29, 0.717) is 10.9 Å². The Balaban J connectivity index is 2.18. The lowest BCUT2D eigenvalue weighted by molar-refractivity contribution is -0.201. The van der Waals surface area contributed by atoms with Gasteiger partial charge < -0.3 is 14.8 Å². The largest absolute Gasteiger partial charge is 0.451 e. The smallest absolute Gasteiger partial charge is 0.416 e. The lowest BCUT2D eigenvalue weighted by Crippen LogP contribution is -2.40. The van der Waals surface area contributed by atoms with Crippen LogP contribution in [-0.4, -0.2) is 29.8 Å². The number of halogens is 4. The van der Waals surface area contributed by atoms with Crippen molar-refractivity contribution in [1.29, 1.82) is 0 Å². The van der Waals surface area contributed by atoms with Crippen molar-refractivity contribution in [2.24, 2.45) is 0 Å². The Morgan fingerprint density at radius 1 is 1.43 bits per heavy atom.